The number of amides is 1. The second-order valence-corrected chi connectivity index (χ2v) is 6.81. The molecule has 0 radical (unpaired) electrons. The molecule has 162 valence electrons. The van der Waals surface area contributed by atoms with E-state index < -0.39 is 29.2 Å². The Balaban J connectivity index is 1.82. The number of anilines is 1. The third-order valence-corrected chi connectivity index (χ3v) is 4.57. The number of nitrogens with zero attached hydrogens (tertiary/aromatic N) is 1. The molecule has 0 saturated carbocycles. The van der Waals surface area contributed by atoms with Crippen LogP contribution < -0.4 is 5.32 Å². The number of furan rings is 1. The predicted octanol–water partition coefficient (Wildman–Crippen LogP) is 5.86. The van der Waals surface area contributed by atoms with Crippen molar-refractivity contribution in [2.24, 2.45) is 0 Å². The smallest absolute Gasteiger partial charge is 0.416 e. The normalized spacial score (nSPS) is 11.7. The summed E-state index contributed by atoms with van der Waals surface area (Å²) >= 11 is 5.86. The lowest BCUT2D eigenvalue weighted by molar-refractivity contribution is -0.137. The molecule has 0 saturated heterocycles. The summed E-state index contributed by atoms with van der Waals surface area (Å²) in [5, 5.41) is 20.3. The molecule has 6 nitrogen and oxygen atoms in total. The fourth-order valence-electron chi connectivity index (χ4n) is 2.64. The van der Waals surface area contributed by atoms with Gasteiger partial charge in [-0.15, -0.1) is 0 Å². The molecular weight excluding hydrogens is 449 g/mol. The van der Waals surface area contributed by atoms with Crippen LogP contribution in [0.1, 0.15) is 21.7 Å². The summed E-state index contributed by atoms with van der Waals surface area (Å²) in [7, 11) is 0. The zero-order valence-electron chi connectivity index (χ0n) is 15.9. The van der Waals surface area contributed by atoms with E-state index in [0.29, 0.717) is 17.4 Å². The third kappa shape index (κ3) is 5.17. The summed E-state index contributed by atoms with van der Waals surface area (Å²) in [5.41, 5.74) is -1.08. The fourth-order valence-corrected chi connectivity index (χ4v) is 2.81. The number of benzene rings is 2. The van der Waals surface area contributed by atoms with Crippen molar-refractivity contribution in [3.05, 3.63) is 82.1 Å². The molecule has 3 aromatic rings. The van der Waals surface area contributed by atoms with E-state index in [4.69, 9.17) is 21.1 Å². The molecule has 0 aliphatic heterocycles. The summed E-state index contributed by atoms with van der Waals surface area (Å²) in [6.07, 6.45) is -3.52. The Morgan fingerprint density at radius 3 is 2.38 bits per heavy atom. The van der Waals surface area contributed by atoms with Gasteiger partial charge in [0.1, 0.15) is 23.2 Å². The molecule has 0 aliphatic rings. The highest BCUT2D eigenvalue weighted by molar-refractivity contribution is 6.34. The first-order valence-corrected chi connectivity index (χ1v) is 9.20. The number of nitriles is 1. The summed E-state index contributed by atoms with van der Waals surface area (Å²) < 4.78 is 44.2. The summed E-state index contributed by atoms with van der Waals surface area (Å²) in [4.78, 5) is 23.3. The van der Waals surface area contributed by atoms with Crippen LogP contribution in [0.5, 0.6) is 0 Å². The number of hydrogen-bond acceptors (Lipinski definition) is 4. The minimum absolute atomic E-state index is 0.0946. The van der Waals surface area contributed by atoms with Crippen LogP contribution in [0.4, 0.5) is 18.9 Å². The highest BCUT2D eigenvalue weighted by Gasteiger charge is 2.31. The van der Waals surface area contributed by atoms with E-state index in [1.54, 1.807) is 12.1 Å². The van der Waals surface area contributed by atoms with Crippen LogP contribution in [0.15, 0.2) is 64.6 Å². The van der Waals surface area contributed by atoms with Gasteiger partial charge >= 0.3 is 12.1 Å². The first-order chi connectivity index (χ1) is 15.1. The van der Waals surface area contributed by atoms with Crippen molar-refractivity contribution >= 4 is 35.2 Å². The standard InChI is InChI=1S/C22H12ClF3N2O4/c23-17-7-5-15(22(24,25)26)10-18(17)28-20(29)14(11-27)9-16-6-8-19(32-16)12-1-3-13(4-2-12)21(30)31/h1-10H,(H,28,29)(H,30,31)/b14-9+. The first-order valence-electron chi connectivity index (χ1n) is 8.82. The van der Waals surface area contributed by atoms with Gasteiger partial charge < -0.3 is 14.8 Å². The summed E-state index contributed by atoms with van der Waals surface area (Å²) in [6, 6.07) is 13.0. The highest BCUT2D eigenvalue weighted by atomic mass is 35.5. The topological polar surface area (TPSA) is 103 Å². The Labute approximate surface area is 184 Å². The van der Waals surface area contributed by atoms with Crippen molar-refractivity contribution in [1.82, 2.24) is 0 Å². The van der Waals surface area contributed by atoms with Gasteiger partial charge in [-0.1, -0.05) is 23.7 Å². The number of alkyl halides is 3. The number of hydrogen-bond donors (Lipinski definition) is 2. The van der Waals surface area contributed by atoms with Crippen LogP contribution >= 0.6 is 11.6 Å². The number of carboxylic acids is 1. The molecule has 1 amide bonds. The van der Waals surface area contributed by atoms with E-state index in [0.717, 1.165) is 18.2 Å². The molecule has 0 spiro atoms. The van der Waals surface area contributed by atoms with Crippen molar-refractivity contribution in [3.8, 4) is 17.4 Å². The molecule has 1 heterocycles. The van der Waals surface area contributed by atoms with Crippen LogP contribution in [0.2, 0.25) is 5.02 Å². The fraction of sp³-hybridized carbons (Fsp3) is 0.0455. The van der Waals surface area contributed by atoms with E-state index >= 15 is 0 Å². The summed E-state index contributed by atoms with van der Waals surface area (Å²) in [5.74, 6) is -1.57. The van der Waals surface area contributed by atoms with Crippen molar-refractivity contribution in [3.63, 3.8) is 0 Å². The van der Waals surface area contributed by atoms with Crippen molar-refractivity contribution in [1.29, 1.82) is 5.26 Å². The zero-order valence-corrected chi connectivity index (χ0v) is 16.7. The lowest BCUT2D eigenvalue weighted by atomic mass is 10.1. The number of nitrogens with one attached hydrogen (secondary N) is 1. The van der Waals surface area contributed by atoms with Gasteiger partial charge in [0, 0.05) is 11.6 Å². The van der Waals surface area contributed by atoms with E-state index in [1.165, 1.54) is 30.3 Å². The Hall–Kier alpha value is -4.03. The minimum Gasteiger partial charge on any atom is -0.478 e. The average molecular weight is 461 g/mol. The van der Waals surface area contributed by atoms with E-state index in [9.17, 15) is 28.0 Å². The minimum atomic E-state index is -4.63. The molecule has 0 atom stereocenters. The molecular formula is C22H12ClF3N2O4. The van der Waals surface area contributed by atoms with Gasteiger partial charge in [0.15, 0.2) is 0 Å². The Morgan fingerprint density at radius 2 is 1.78 bits per heavy atom. The SMILES string of the molecule is N#C/C(=C\c1ccc(-c2ccc(C(=O)O)cc2)o1)C(=O)Nc1cc(C(F)(F)F)ccc1Cl. The van der Waals surface area contributed by atoms with Crippen molar-refractivity contribution in [2.75, 3.05) is 5.32 Å². The second-order valence-electron chi connectivity index (χ2n) is 6.40. The van der Waals surface area contributed by atoms with E-state index in [1.807, 2.05) is 0 Å². The number of carbonyl (C=O) groups is 2. The molecule has 32 heavy (non-hydrogen) atoms. The largest absolute Gasteiger partial charge is 0.478 e. The van der Waals surface area contributed by atoms with Crippen LogP contribution in [0.3, 0.4) is 0 Å². The number of carbonyl (C=O) groups excluding carboxylic acids is 1. The average Bonchev–Trinajstić information content (AvgIpc) is 3.21. The van der Waals surface area contributed by atoms with Gasteiger partial charge in [0.2, 0.25) is 0 Å². The molecule has 0 fully saturated rings. The molecule has 2 N–H and O–H groups in total. The number of rotatable bonds is 5. The Morgan fingerprint density at radius 1 is 1.09 bits per heavy atom. The molecule has 0 aliphatic carbocycles. The Bertz CT molecular complexity index is 1260. The molecule has 0 unspecified atom stereocenters. The predicted molar refractivity (Wildman–Crippen MR) is 110 cm³/mol. The Kier molecular flexibility index (Phi) is 6.37. The lowest BCUT2D eigenvalue weighted by Gasteiger charge is -2.11. The molecule has 10 heteroatoms. The highest BCUT2D eigenvalue weighted by Crippen LogP contribution is 2.34. The quantitative estimate of drug-likeness (QED) is 0.366. The van der Waals surface area contributed by atoms with Crippen LogP contribution in [0, 0.1) is 11.3 Å². The van der Waals surface area contributed by atoms with Crippen LogP contribution in [-0.2, 0) is 11.0 Å². The van der Waals surface area contributed by atoms with Crippen molar-refractivity contribution in [2.45, 2.75) is 6.18 Å². The second kappa shape index (κ2) is 8.99. The van der Waals surface area contributed by atoms with Crippen molar-refractivity contribution < 1.29 is 32.3 Å². The van der Waals surface area contributed by atoms with Gasteiger partial charge in [0.25, 0.3) is 5.91 Å². The monoisotopic (exact) mass is 460 g/mol. The van der Waals surface area contributed by atoms with Gasteiger partial charge in [-0.3, -0.25) is 4.79 Å². The van der Waals surface area contributed by atoms with Gasteiger partial charge in [0.05, 0.1) is 21.8 Å². The maximum absolute atomic E-state index is 12.9. The van der Waals surface area contributed by atoms with Crippen LogP contribution in [0.25, 0.3) is 17.4 Å². The number of aromatic carboxylic acids is 1. The van der Waals surface area contributed by atoms with Gasteiger partial charge in [-0.2, -0.15) is 18.4 Å². The molecule has 2 aromatic carbocycles. The van der Waals surface area contributed by atoms with E-state index in [2.05, 4.69) is 5.32 Å². The number of halogens is 4. The molecule has 1 aromatic heterocycles. The molecule has 0 bridgehead atoms. The molecule has 3 rings (SSSR count). The lowest BCUT2D eigenvalue weighted by Crippen LogP contribution is -2.15. The maximum atomic E-state index is 12.9. The van der Waals surface area contributed by atoms with Crippen LogP contribution in [-0.4, -0.2) is 17.0 Å². The zero-order chi connectivity index (χ0) is 23.5. The van der Waals surface area contributed by atoms with Gasteiger partial charge in [-0.25, -0.2) is 4.79 Å². The maximum Gasteiger partial charge on any atom is 0.416 e. The third-order valence-electron chi connectivity index (χ3n) is 4.24. The number of carboxylic acid groups (broad SMARTS) is 1. The summed E-state index contributed by atoms with van der Waals surface area (Å²) in [6.45, 7) is 0. The first kappa shape index (κ1) is 22.7. The van der Waals surface area contributed by atoms with Gasteiger partial charge in [-0.05, 0) is 42.5 Å². The van der Waals surface area contributed by atoms with E-state index in [-0.39, 0.29) is 22.0 Å².